The Hall–Kier alpha value is -1.84. The zero-order valence-electron chi connectivity index (χ0n) is 13.7. The summed E-state index contributed by atoms with van der Waals surface area (Å²) < 4.78 is 0. The number of piperidine rings is 1. The smallest absolute Gasteiger partial charge is 0.235 e. The Labute approximate surface area is 148 Å². The molecule has 1 amide bonds. The van der Waals surface area contributed by atoms with Gasteiger partial charge in [0.05, 0.1) is 5.54 Å². The zero-order valence-corrected chi connectivity index (χ0v) is 14.5. The third-order valence-corrected chi connectivity index (χ3v) is 5.03. The summed E-state index contributed by atoms with van der Waals surface area (Å²) >= 11 is 5.73. The highest BCUT2D eigenvalue weighted by Crippen LogP contribution is 2.33. The van der Waals surface area contributed by atoms with E-state index in [4.69, 9.17) is 11.6 Å². The molecule has 0 aliphatic carbocycles. The Morgan fingerprint density at radius 3 is 2.17 bits per heavy atom. The predicted octanol–water partition coefficient (Wildman–Crippen LogP) is 3.53. The average molecular weight is 343 g/mol. The summed E-state index contributed by atoms with van der Waals surface area (Å²) in [4.78, 5) is 14.4. The highest BCUT2D eigenvalue weighted by molar-refractivity contribution is 6.27. The second kappa shape index (κ2) is 7.82. The van der Waals surface area contributed by atoms with E-state index in [0.29, 0.717) is 0 Å². The van der Waals surface area contributed by atoms with Gasteiger partial charge in [0.15, 0.2) is 0 Å². The lowest BCUT2D eigenvalue weighted by molar-refractivity contribution is -0.121. The van der Waals surface area contributed by atoms with Gasteiger partial charge in [-0.05, 0) is 24.0 Å². The minimum absolute atomic E-state index is 0.00229. The lowest BCUT2D eigenvalue weighted by Crippen LogP contribution is -2.53. The number of halogens is 1. The molecule has 2 aromatic rings. The molecule has 0 saturated carbocycles. The fraction of sp³-hybridized carbons (Fsp3) is 0.350. The molecular formula is C20H23ClN2O. The Kier molecular flexibility index (Phi) is 5.54. The highest BCUT2D eigenvalue weighted by atomic mass is 35.5. The molecule has 0 aromatic heterocycles. The topological polar surface area (TPSA) is 32.3 Å². The van der Waals surface area contributed by atoms with E-state index in [1.54, 1.807) is 0 Å². The van der Waals surface area contributed by atoms with Crippen LogP contribution in [0.2, 0.25) is 0 Å². The third kappa shape index (κ3) is 3.97. The first-order chi connectivity index (χ1) is 11.7. The van der Waals surface area contributed by atoms with Crippen LogP contribution in [0, 0.1) is 0 Å². The first-order valence-electron chi connectivity index (χ1n) is 8.41. The van der Waals surface area contributed by atoms with Crippen LogP contribution in [0.15, 0.2) is 60.7 Å². The van der Waals surface area contributed by atoms with Gasteiger partial charge in [-0.3, -0.25) is 9.69 Å². The monoisotopic (exact) mass is 342 g/mol. The summed E-state index contributed by atoms with van der Waals surface area (Å²) in [5.41, 5.74) is 2.19. The summed E-state index contributed by atoms with van der Waals surface area (Å²) in [6.07, 6.45) is 1.79. The lowest BCUT2D eigenvalue weighted by atomic mass is 9.80. The molecule has 126 valence electrons. The van der Waals surface area contributed by atoms with Crippen LogP contribution >= 0.6 is 11.6 Å². The van der Waals surface area contributed by atoms with Crippen LogP contribution in [0.5, 0.6) is 0 Å². The number of hydrogen-bond donors (Lipinski definition) is 1. The van der Waals surface area contributed by atoms with Crippen molar-refractivity contribution in [1.29, 1.82) is 0 Å². The van der Waals surface area contributed by atoms with Crippen molar-refractivity contribution in [2.24, 2.45) is 0 Å². The van der Waals surface area contributed by atoms with Crippen molar-refractivity contribution >= 4 is 17.5 Å². The molecule has 0 bridgehead atoms. The Balaban J connectivity index is 1.72. The second-order valence-electron chi connectivity index (χ2n) is 6.39. The van der Waals surface area contributed by atoms with Crippen LogP contribution in [-0.2, 0) is 16.9 Å². The van der Waals surface area contributed by atoms with Gasteiger partial charge in [0.1, 0.15) is 5.88 Å². The first-order valence-corrected chi connectivity index (χ1v) is 8.94. The maximum absolute atomic E-state index is 12.0. The number of carbonyl (C=O) groups is 1. The van der Waals surface area contributed by atoms with Gasteiger partial charge in [-0.2, -0.15) is 0 Å². The maximum Gasteiger partial charge on any atom is 0.235 e. The average Bonchev–Trinajstić information content (AvgIpc) is 2.65. The van der Waals surface area contributed by atoms with Gasteiger partial charge < -0.3 is 5.32 Å². The quantitative estimate of drug-likeness (QED) is 0.843. The van der Waals surface area contributed by atoms with Crippen molar-refractivity contribution in [1.82, 2.24) is 10.2 Å². The fourth-order valence-corrected chi connectivity index (χ4v) is 3.54. The summed E-state index contributed by atoms with van der Waals surface area (Å²) in [5.74, 6) is -0.0977. The third-order valence-electron chi connectivity index (χ3n) is 4.79. The molecule has 0 spiro atoms. The van der Waals surface area contributed by atoms with Crippen LogP contribution in [0.1, 0.15) is 24.0 Å². The SMILES string of the molecule is O=C(CCl)NC1(c2ccccc2)CCN(Cc2ccccc2)CC1. The van der Waals surface area contributed by atoms with Gasteiger partial charge in [0.25, 0.3) is 0 Å². The van der Waals surface area contributed by atoms with E-state index < -0.39 is 0 Å². The number of benzene rings is 2. The normalized spacial score (nSPS) is 17.4. The Morgan fingerprint density at radius 1 is 1.00 bits per heavy atom. The summed E-state index contributed by atoms with van der Waals surface area (Å²) in [5, 5.41) is 3.19. The lowest BCUT2D eigenvalue weighted by Gasteiger charge is -2.43. The molecular weight excluding hydrogens is 320 g/mol. The van der Waals surface area contributed by atoms with Crippen molar-refractivity contribution in [3.63, 3.8) is 0 Å². The largest absolute Gasteiger partial charge is 0.345 e. The molecule has 0 radical (unpaired) electrons. The molecule has 24 heavy (non-hydrogen) atoms. The molecule has 0 unspecified atom stereocenters. The molecule has 4 heteroatoms. The molecule has 1 saturated heterocycles. The second-order valence-corrected chi connectivity index (χ2v) is 6.66. The van der Waals surface area contributed by atoms with Gasteiger partial charge in [-0.25, -0.2) is 0 Å². The fourth-order valence-electron chi connectivity index (χ4n) is 3.48. The van der Waals surface area contributed by atoms with E-state index >= 15 is 0 Å². The van der Waals surface area contributed by atoms with Gasteiger partial charge in [-0.15, -0.1) is 11.6 Å². The number of nitrogens with zero attached hydrogens (tertiary/aromatic N) is 1. The van der Waals surface area contributed by atoms with Crippen LogP contribution in [0.3, 0.4) is 0 Å². The Bertz CT molecular complexity index is 652. The van der Waals surface area contributed by atoms with Gasteiger partial charge in [0.2, 0.25) is 5.91 Å². The van der Waals surface area contributed by atoms with Crippen LogP contribution in [-0.4, -0.2) is 29.8 Å². The van der Waals surface area contributed by atoms with E-state index in [9.17, 15) is 4.79 Å². The number of likely N-dealkylation sites (tertiary alicyclic amines) is 1. The number of rotatable bonds is 5. The number of alkyl halides is 1. The van der Waals surface area contributed by atoms with E-state index in [1.165, 1.54) is 11.1 Å². The van der Waals surface area contributed by atoms with Crippen molar-refractivity contribution in [3.8, 4) is 0 Å². The van der Waals surface area contributed by atoms with Gasteiger partial charge in [-0.1, -0.05) is 60.7 Å². The molecule has 1 heterocycles. The zero-order chi connectivity index (χ0) is 16.8. The highest BCUT2D eigenvalue weighted by Gasteiger charge is 2.37. The van der Waals surface area contributed by atoms with Crippen molar-refractivity contribution < 1.29 is 4.79 Å². The standard InChI is InChI=1S/C20H23ClN2O/c21-15-19(24)22-20(18-9-5-2-6-10-18)11-13-23(14-12-20)16-17-7-3-1-4-8-17/h1-10H,11-16H2,(H,22,24). The van der Waals surface area contributed by atoms with Crippen LogP contribution in [0.25, 0.3) is 0 Å². The van der Waals surface area contributed by atoms with Crippen molar-refractivity contribution in [2.45, 2.75) is 24.9 Å². The van der Waals surface area contributed by atoms with E-state index in [2.05, 4.69) is 46.6 Å². The van der Waals surface area contributed by atoms with Gasteiger partial charge in [0, 0.05) is 19.6 Å². The Morgan fingerprint density at radius 2 is 1.58 bits per heavy atom. The molecule has 1 aliphatic heterocycles. The first kappa shape index (κ1) is 17.0. The predicted molar refractivity (Wildman–Crippen MR) is 97.9 cm³/mol. The maximum atomic E-state index is 12.0. The van der Waals surface area contributed by atoms with Crippen LogP contribution in [0.4, 0.5) is 0 Å². The van der Waals surface area contributed by atoms with Crippen molar-refractivity contribution in [3.05, 3.63) is 71.8 Å². The molecule has 3 rings (SSSR count). The minimum atomic E-state index is -0.305. The molecule has 3 nitrogen and oxygen atoms in total. The molecule has 0 atom stereocenters. The minimum Gasteiger partial charge on any atom is -0.345 e. The van der Waals surface area contributed by atoms with E-state index in [-0.39, 0.29) is 17.3 Å². The van der Waals surface area contributed by atoms with Crippen LogP contribution < -0.4 is 5.32 Å². The van der Waals surface area contributed by atoms with E-state index in [0.717, 1.165) is 32.5 Å². The molecule has 1 fully saturated rings. The van der Waals surface area contributed by atoms with E-state index in [1.807, 2.05) is 24.3 Å². The molecule has 1 N–H and O–H groups in total. The number of nitrogens with one attached hydrogen (secondary N) is 1. The van der Waals surface area contributed by atoms with Gasteiger partial charge >= 0.3 is 0 Å². The number of hydrogen-bond acceptors (Lipinski definition) is 2. The van der Waals surface area contributed by atoms with Crippen molar-refractivity contribution in [2.75, 3.05) is 19.0 Å². The summed E-state index contributed by atoms with van der Waals surface area (Å²) in [6.45, 7) is 2.86. The summed E-state index contributed by atoms with van der Waals surface area (Å²) in [6, 6.07) is 20.8. The molecule has 1 aliphatic rings. The number of amides is 1. The number of carbonyl (C=O) groups excluding carboxylic acids is 1. The molecule has 2 aromatic carbocycles. The summed E-state index contributed by atoms with van der Waals surface area (Å²) in [7, 11) is 0.